The van der Waals surface area contributed by atoms with E-state index in [0.29, 0.717) is 0 Å². The van der Waals surface area contributed by atoms with Crippen LogP contribution in [0, 0.1) is 6.92 Å². The Morgan fingerprint density at radius 1 is 1.04 bits per heavy atom. The van der Waals surface area contributed by atoms with Crippen LogP contribution in [0.1, 0.15) is 31.0 Å². The summed E-state index contributed by atoms with van der Waals surface area (Å²) in [5, 5.41) is 2.90. The highest BCUT2D eigenvalue weighted by Crippen LogP contribution is 2.25. The quantitative estimate of drug-likeness (QED) is 0.492. The third kappa shape index (κ3) is 5.42. The summed E-state index contributed by atoms with van der Waals surface area (Å²) in [5.41, 5.74) is 1.20. The van der Waals surface area contributed by atoms with Crippen LogP contribution in [-0.4, -0.2) is 17.3 Å². The Hall–Kier alpha value is -2.27. The van der Waals surface area contributed by atoms with Gasteiger partial charge < -0.3 is 10.1 Å². The number of amides is 1. The zero-order valence-electron chi connectivity index (χ0n) is 14.0. The van der Waals surface area contributed by atoms with E-state index in [9.17, 15) is 9.59 Å². The number of ether oxygens (including phenoxy) is 1. The lowest BCUT2D eigenvalue weighted by atomic mass is 10.1. The fraction of sp³-hybridized carbons (Fsp3) is 0.263. The van der Waals surface area contributed by atoms with Gasteiger partial charge in [-0.25, -0.2) is 0 Å². The molecule has 2 aromatic carbocycles. The minimum Gasteiger partial charge on any atom is -0.441 e. The minimum absolute atomic E-state index is 0.171. The molecular formula is C19H21NO3S. The summed E-state index contributed by atoms with van der Waals surface area (Å²) in [5.74, 6) is -0.811. The molecule has 2 aromatic rings. The summed E-state index contributed by atoms with van der Waals surface area (Å²) in [4.78, 5) is 24.7. The smallest absolute Gasteiger partial charge is 0.304 e. The lowest BCUT2D eigenvalue weighted by molar-refractivity contribution is -0.148. The number of rotatable bonds is 6. The number of benzene rings is 2. The van der Waals surface area contributed by atoms with Crippen molar-refractivity contribution in [3.63, 3.8) is 0 Å². The first-order valence-corrected chi connectivity index (χ1v) is 8.59. The van der Waals surface area contributed by atoms with Crippen LogP contribution in [0.5, 0.6) is 0 Å². The maximum atomic E-state index is 12.5. The lowest BCUT2D eigenvalue weighted by Crippen LogP contribution is -2.36. The summed E-state index contributed by atoms with van der Waals surface area (Å²) in [6.45, 7) is 5.19. The molecule has 2 atom stereocenters. The first-order chi connectivity index (χ1) is 11.5. The summed E-state index contributed by atoms with van der Waals surface area (Å²) in [7, 11) is 0. The topological polar surface area (TPSA) is 55.4 Å². The van der Waals surface area contributed by atoms with E-state index >= 15 is 0 Å². The number of nitrogens with one attached hydrogen (secondary N) is 1. The number of hydrogen-bond acceptors (Lipinski definition) is 4. The average Bonchev–Trinajstić information content (AvgIpc) is 2.56. The van der Waals surface area contributed by atoms with Gasteiger partial charge in [-0.1, -0.05) is 59.8 Å². The molecule has 0 radical (unpaired) electrons. The Morgan fingerprint density at radius 3 is 2.25 bits per heavy atom. The van der Waals surface area contributed by atoms with Crippen molar-refractivity contribution in [2.45, 2.75) is 37.1 Å². The molecule has 24 heavy (non-hydrogen) atoms. The Labute approximate surface area is 146 Å². The van der Waals surface area contributed by atoms with E-state index in [0.717, 1.165) is 16.0 Å². The number of esters is 1. The van der Waals surface area contributed by atoms with Crippen LogP contribution in [0.25, 0.3) is 0 Å². The monoisotopic (exact) mass is 343 g/mol. The molecular weight excluding hydrogens is 322 g/mol. The van der Waals surface area contributed by atoms with E-state index in [2.05, 4.69) is 5.32 Å². The fourth-order valence-corrected chi connectivity index (χ4v) is 3.03. The number of thioether (sulfide) groups is 1. The van der Waals surface area contributed by atoms with Gasteiger partial charge in [0.05, 0.1) is 6.04 Å². The Bertz CT molecular complexity index is 686. The van der Waals surface area contributed by atoms with Gasteiger partial charge in [-0.05, 0) is 31.5 Å². The molecule has 0 unspecified atom stereocenters. The number of carbonyl (C=O) groups is 2. The Kier molecular flexibility index (Phi) is 6.44. The number of carbonyl (C=O) groups excluding carboxylic acids is 2. The van der Waals surface area contributed by atoms with Crippen molar-refractivity contribution < 1.29 is 14.3 Å². The SMILES string of the molecule is CC(=O)O[C@@H](Sc1ccc(C)cc1)C(=O)N[C@@H](C)c1ccccc1. The van der Waals surface area contributed by atoms with Gasteiger partial charge in [0.25, 0.3) is 5.91 Å². The second kappa shape index (κ2) is 8.55. The van der Waals surface area contributed by atoms with E-state index in [1.807, 2.05) is 68.4 Å². The van der Waals surface area contributed by atoms with Gasteiger partial charge in [0.15, 0.2) is 0 Å². The van der Waals surface area contributed by atoms with E-state index in [4.69, 9.17) is 4.74 Å². The predicted octanol–water partition coefficient (Wildman–Crippen LogP) is 3.85. The Morgan fingerprint density at radius 2 is 1.67 bits per heavy atom. The lowest BCUT2D eigenvalue weighted by Gasteiger charge is -2.20. The van der Waals surface area contributed by atoms with Crippen LogP contribution < -0.4 is 5.32 Å². The van der Waals surface area contributed by atoms with Crippen LogP contribution in [0.4, 0.5) is 0 Å². The summed E-state index contributed by atoms with van der Waals surface area (Å²) in [6, 6.07) is 17.2. The first-order valence-electron chi connectivity index (χ1n) is 7.71. The van der Waals surface area contributed by atoms with Crippen molar-refractivity contribution in [3.05, 3.63) is 65.7 Å². The van der Waals surface area contributed by atoms with Gasteiger partial charge in [-0.15, -0.1) is 0 Å². The van der Waals surface area contributed by atoms with E-state index in [1.54, 1.807) is 0 Å². The van der Waals surface area contributed by atoms with E-state index in [1.165, 1.54) is 18.7 Å². The molecule has 4 nitrogen and oxygen atoms in total. The highest BCUT2D eigenvalue weighted by Gasteiger charge is 2.24. The van der Waals surface area contributed by atoms with Crippen molar-refractivity contribution in [2.24, 2.45) is 0 Å². The summed E-state index contributed by atoms with van der Waals surface area (Å²) in [6.07, 6.45) is 0. The van der Waals surface area contributed by atoms with Gasteiger partial charge in [0.2, 0.25) is 5.44 Å². The Balaban J connectivity index is 2.07. The highest BCUT2D eigenvalue weighted by molar-refractivity contribution is 8.00. The molecule has 2 rings (SSSR count). The number of aryl methyl sites for hydroxylation is 1. The molecule has 0 bridgehead atoms. The van der Waals surface area contributed by atoms with Crippen molar-refractivity contribution in [2.75, 3.05) is 0 Å². The second-order valence-electron chi connectivity index (χ2n) is 5.51. The molecule has 0 aliphatic heterocycles. The fourth-order valence-electron chi connectivity index (χ4n) is 2.13. The van der Waals surface area contributed by atoms with E-state index < -0.39 is 11.4 Å². The van der Waals surface area contributed by atoms with Gasteiger partial charge in [0.1, 0.15) is 0 Å². The summed E-state index contributed by atoms with van der Waals surface area (Å²) >= 11 is 1.22. The van der Waals surface area contributed by atoms with Crippen molar-refractivity contribution >= 4 is 23.6 Å². The van der Waals surface area contributed by atoms with Crippen LogP contribution in [0.3, 0.4) is 0 Å². The molecule has 1 amide bonds. The average molecular weight is 343 g/mol. The zero-order chi connectivity index (χ0) is 17.5. The molecule has 1 N–H and O–H groups in total. The molecule has 0 aliphatic rings. The number of hydrogen-bond donors (Lipinski definition) is 1. The third-order valence-corrected chi connectivity index (χ3v) is 4.48. The maximum Gasteiger partial charge on any atom is 0.304 e. The zero-order valence-corrected chi connectivity index (χ0v) is 14.8. The van der Waals surface area contributed by atoms with Crippen LogP contribution in [-0.2, 0) is 14.3 Å². The molecule has 0 fully saturated rings. The molecule has 5 heteroatoms. The van der Waals surface area contributed by atoms with Crippen molar-refractivity contribution in [1.82, 2.24) is 5.32 Å². The van der Waals surface area contributed by atoms with Crippen LogP contribution >= 0.6 is 11.8 Å². The normalized spacial score (nSPS) is 13.0. The highest BCUT2D eigenvalue weighted by atomic mass is 32.2. The van der Waals surface area contributed by atoms with Gasteiger partial charge >= 0.3 is 5.97 Å². The van der Waals surface area contributed by atoms with Gasteiger partial charge in [-0.2, -0.15) is 0 Å². The molecule has 0 aliphatic carbocycles. The van der Waals surface area contributed by atoms with Gasteiger partial charge in [0, 0.05) is 11.8 Å². The first kappa shape index (κ1) is 18.1. The van der Waals surface area contributed by atoms with Crippen molar-refractivity contribution in [1.29, 1.82) is 0 Å². The minimum atomic E-state index is -0.920. The molecule has 0 saturated carbocycles. The van der Waals surface area contributed by atoms with E-state index in [-0.39, 0.29) is 11.9 Å². The van der Waals surface area contributed by atoms with Crippen LogP contribution in [0.2, 0.25) is 0 Å². The van der Waals surface area contributed by atoms with Crippen molar-refractivity contribution in [3.8, 4) is 0 Å². The summed E-state index contributed by atoms with van der Waals surface area (Å²) < 4.78 is 5.20. The standard InChI is InChI=1S/C19H21NO3S/c1-13-9-11-17(12-10-13)24-19(23-15(3)21)18(22)20-14(2)16-7-5-4-6-8-16/h4-12,14,19H,1-3H3,(H,20,22)/t14-,19-/m0/s1. The molecule has 0 aromatic heterocycles. The third-order valence-electron chi connectivity index (χ3n) is 3.41. The van der Waals surface area contributed by atoms with Crippen LogP contribution in [0.15, 0.2) is 59.5 Å². The predicted molar refractivity (Wildman–Crippen MR) is 95.6 cm³/mol. The maximum absolute atomic E-state index is 12.5. The molecule has 0 heterocycles. The largest absolute Gasteiger partial charge is 0.441 e. The molecule has 0 spiro atoms. The van der Waals surface area contributed by atoms with Gasteiger partial charge in [-0.3, -0.25) is 9.59 Å². The second-order valence-corrected chi connectivity index (χ2v) is 6.65. The molecule has 126 valence electrons. The molecule has 0 saturated heterocycles.